The molecule has 0 radical (unpaired) electrons. The summed E-state index contributed by atoms with van der Waals surface area (Å²) in [5.74, 6) is 0. The van der Waals surface area contributed by atoms with Crippen LogP contribution in [0.3, 0.4) is 0 Å². The summed E-state index contributed by atoms with van der Waals surface area (Å²) in [6, 6.07) is 8.48. The highest BCUT2D eigenvalue weighted by molar-refractivity contribution is 5.22. The van der Waals surface area contributed by atoms with E-state index in [-0.39, 0.29) is 0 Å². The van der Waals surface area contributed by atoms with Gasteiger partial charge in [0.25, 0.3) is 0 Å². The minimum absolute atomic E-state index is 0.319. The Morgan fingerprint density at radius 2 is 1.89 bits per heavy atom. The number of hydrogen-bond donors (Lipinski definition) is 2. The zero-order valence-electron chi connectivity index (χ0n) is 11.3. The summed E-state index contributed by atoms with van der Waals surface area (Å²) in [4.78, 5) is 0. The fraction of sp³-hybridized carbons (Fsp3) is 0.600. The molecule has 0 unspecified atom stereocenters. The van der Waals surface area contributed by atoms with E-state index in [0.717, 1.165) is 25.9 Å². The monoisotopic (exact) mass is 251 g/mol. The first-order valence-electron chi connectivity index (χ1n) is 6.75. The van der Waals surface area contributed by atoms with E-state index < -0.39 is 0 Å². The third kappa shape index (κ3) is 6.74. The standard InChI is InChI=1S/C15H25NO2/c1-18-13-15-8-6-7-14(11-15)12-16-9-4-2-3-5-10-17/h6-8,11,16-17H,2-5,9-10,12-13H2,1H3. The van der Waals surface area contributed by atoms with Gasteiger partial charge in [0, 0.05) is 20.3 Å². The topological polar surface area (TPSA) is 41.5 Å². The lowest BCUT2D eigenvalue weighted by molar-refractivity contribution is 0.185. The lowest BCUT2D eigenvalue weighted by Gasteiger charge is -2.07. The fourth-order valence-corrected chi connectivity index (χ4v) is 1.94. The zero-order valence-corrected chi connectivity index (χ0v) is 11.3. The number of aliphatic hydroxyl groups is 1. The van der Waals surface area contributed by atoms with E-state index in [1.807, 2.05) is 0 Å². The molecule has 0 aliphatic heterocycles. The van der Waals surface area contributed by atoms with E-state index in [1.165, 1.54) is 24.0 Å². The van der Waals surface area contributed by atoms with E-state index in [4.69, 9.17) is 9.84 Å². The molecule has 18 heavy (non-hydrogen) atoms. The Morgan fingerprint density at radius 1 is 1.11 bits per heavy atom. The predicted octanol–water partition coefficient (Wildman–Crippen LogP) is 2.48. The van der Waals surface area contributed by atoms with Crippen LogP contribution < -0.4 is 5.32 Å². The molecule has 1 aromatic carbocycles. The van der Waals surface area contributed by atoms with Crippen molar-refractivity contribution in [1.82, 2.24) is 5.32 Å². The van der Waals surface area contributed by atoms with Crippen LogP contribution in [-0.2, 0) is 17.9 Å². The number of rotatable bonds is 10. The third-order valence-electron chi connectivity index (χ3n) is 2.89. The van der Waals surface area contributed by atoms with Gasteiger partial charge in [-0.1, -0.05) is 37.1 Å². The molecule has 1 rings (SSSR count). The van der Waals surface area contributed by atoms with Crippen LogP contribution in [-0.4, -0.2) is 25.4 Å². The fourth-order valence-electron chi connectivity index (χ4n) is 1.94. The summed E-state index contributed by atoms with van der Waals surface area (Å²) in [6.07, 6.45) is 4.43. The summed E-state index contributed by atoms with van der Waals surface area (Å²) in [5, 5.41) is 12.1. The second-order valence-corrected chi connectivity index (χ2v) is 4.57. The molecule has 0 fully saturated rings. The molecule has 0 saturated carbocycles. The van der Waals surface area contributed by atoms with Crippen molar-refractivity contribution in [1.29, 1.82) is 0 Å². The zero-order chi connectivity index (χ0) is 13.1. The van der Waals surface area contributed by atoms with Crippen LogP contribution in [0.25, 0.3) is 0 Å². The number of aliphatic hydroxyl groups excluding tert-OH is 1. The molecule has 0 atom stereocenters. The molecule has 1 aromatic rings. The smallest absolute Gasteiger partial charge is 0.0713 e. The van der Waals surface area contributed by atoms with Crippen molar-refractivity contribution in [3.63, 3.8) is 0 Å². The number of unbranched alkanes of at least 4 members (excludes halogenated alkanes) is 3. The maximum atomic E-state index is 8.66. The van der Waals surface area contributed by atoms with E-state index in [9.17, 15) is 0 Å². The van der Waals surface area contributed by atoms with Crippen molar-refractivity contribution >= 4 is 0 Å². The van der Waals surface area contributed by atoms with Crippen molar-refractivity contribution in [3.8, 4) is 0 Å². The Labute approximate surface area is 110 Å². The molecular formula is C15H25NO2. The number of benzene rings is 1. The van der Waals surface area contributed by atoms with Gasteiger partial charge in [-0.05, 0) is 30.5 Å². The first-order valence-corrected chi connectivity index (χ1v) is 6.75. The molecule has 0 saturated heterocycles. The molecule has 3 nitrogen and oxygen atoms in total. The van der Waals surface area contributed by atoms with Crippen LogP contribution in [0.5, 0.6) is 0 Å². The van der Waals surface area contributed by atoms with Gasteiger partial charge in [0.15, 0.2) is 0 Å². The normalized spacial score (nSPS) is 10.8. The van der Waals surface area contributed by atoms with Crippen molar-refractivity contribution in [3.05, 3.63) is 35.4 Å². The molecule has 0 amide bonds. The van der Waals surface area contributed by atoms with Gasteiger partial charge in [-0.3, -0.25) is 0 Å². The van der Waals surface area contributed by atoms with Gasteiger partial charge in [0.2, 0.25) is 0 Å². The number of methoxy groups -OCH3 is 1. The SMILES string of the molecule is COCc1cccc(CNCCCCCCO)c1. The van der Waals surface area contributed by atoms with Crippen LogP contribution in [0.4, 0.5) is 0 Å². The Hall–Kier alpha value is -0.900. The predicted molar refractivity (Wildman–Crippen MR) is 74.4 cm³/mol. The average molecular weight is 251 g/mol. The quantitative estimate of drug-likeness (QED) is 0.628. The van der Waals surface area contributed by atoms with Crippen LogP contribution in [0.15, 0.2) is 24.3 Å². The van der Waals surface area contributed by atoms with Crippen LogP contribution in [0.1, 0.15) is 36.8 Å². The molecule has 0 aromatic heterocycles. The van der Waals surface area contributed by atoms with Gasteiger partial charge in [0.1, 0.15) is 0 Å². The summed E-state index contributed by atoms with van der Waals surface area (Å²) in [6.45, 7) is 2.95. The summed E-state index contributed by atoms with van der Waals surface area (Å²) < 4.78 is 5.12. The van der Waals surface area contributed by atoms with E-state index in [1.54, 1.807) is 7.11 Å². The summed E-state index contributed by atoms with van der Waals surface area (Å²) in [7, 11) is 1.72. The highest BCUT2D eigenvalue weighted by atomic mass is 16.5. The second-order valence-electron chi connectivity index (χ2n) is 4.57. The maximum absolute atomic E-state index is 8.66. The van der Waals surface area contributed by atoms with Gasteiger partial charge < -0.3 is 15.2 Å². The van der Waals surface area contributed by atoms with Gasteiger partial charge >= 0.3 is 0 Å². The minimum Gasteiger partial charge on any atom is -0.396 e. The van der Waals surface area contributed by atoms with Gasteiger partial charge in [-0.2, -0.15) is 0 Å². The highest BCUT2D eigenvalue weighted by Gasteiger charge is 1.96. The van der Waals surface area contributed by atoms with E-state index in [0.29, 0.717) is 13.2 Å². The van der Waals surface area contributed by atoms with Crippen molar-refractivity contribution in [2.75, 3.05) is 20.3 Å². The average Bonchev–Trinajstić information content (AvgIpc) is 2.39. The molecule has 2 N–H and O–H groups in total. The Bertz CT molecular complexity index is 315. The Balaban J connectivity index is 2.13. The summed E-state index contributed by atoms with van der Waals surface area (Å²) >= 11 is 0. The molecule has 102 valence electrons. The van der Waals surface area contributed by atoms with Gasteiger partial charge in [-0.15, -0.1) is 0 Å². The number of ether oxygens (including phenoxy) is 1. The molecule has 0 bridgehead atoms. The number of hydrogen-bond acceptors (Lipinski definition) is 3. The van der Waals surface area contributed by atoms with E-state index >= 15 is 0 Å². The molecule has 0 spiro atoms. The van der Waals surface area contributed by atoms with Gasteiger partial charge in [-0.25, -0.2) is 0 Å². The van der Waals surface area contributed by atoms with Crippen LogP contribution in [0, 0.1) is 0 Å². The third-order valence-corrected chi connectivity index (χ3v) is 2.89. The molecule has 0 heterocycles. The Kier molecular flexibility index (Phi) is 8.47. The first kappa shape index (κ1) is 15.2. The summed E-state index contributed by atoms with van der Waals surface area (Å²) in [5.41, 5.74) is 2.53. The van der Waals surface area contributed by atoms with Crippen molar-refractivity contribution in [2.24, 2.45) is 0 Å². The largest absolute Gasteiger partial charge is 0.396 e. The second kappa shape index (κ2) is 10.1. The molecule has 0 aliphatic rings. The minimum atomic E-state index is 0.319. The lowest BCUT2D eigenvalue weighted by atomic mass is 10.1. The van der Waals surface area contributed by atoms with E-state index in [2.05, 4.69) is 29.6 Å². The van der Waals surface area contributed by atoms with Crippen molar-refractivity contribution in [2.45, 2.75) is 38.8 Å². The molecular weight excluding hydrogens is 226 g/mol. The van der Waals surface area contributed by atoms with Crippen molar-refractivity contribution < 1.29 is 9.84 Å². The first-order chi connectivity index (χ1) is 8.86. The van der Waals surface area contributed by atoms with Gasteiger partial charge in [0.05, 0.1) is 6.61 Å². The molecule has 3 heteroatoms. The lowest BCUT2D eigenvalue weighted by Crippen LogP contribution is -2.14. The molecule has 0 aliphatic carbocycles. The van der Waals surface area contributed by atoms with Crippen LogP contribution >= 0.6 is 0 Å². The van der Waals surface area contributed by atoms with Crippen LogP contribution in [0.2, 0.25) is 0 Å². The Morgan fingerprint density at radius 3 is 2.67 bits per heavy atom. The highest BCUT2D eigenvalue weighted by Crippen LogP contribution is 2.06. The maximum Gasteiger partial charge on any atom is 0.0713 e. The number of nitrogens with one attached hydrogen (secondary N) is 1.